The van der Waals surface area contributed by atoms with Crippen LogP contribution in [0.25, 0.3) is 0 Å². The van der Waals surface area contributed by atoms with Crippen molar-refractivity contribution in [2.24, 2.45) is 5.73 Å². The van der Waals surface area contributed by atoms with Gasteiger partial charge < -0.3 is 11.1 Å². The van der Waals surface area contributed by atoms with E-state index in [9.17, 15) is 13.2 Å². The Morgan fingerprint density at radius 3 is 2.57 bits per heavy atom. The average Bonchev–Trinajstić information content (AvgIpc) is 2.82. The van der Waals surface area contributed by atoms with Crippen LogP contribution in [0.1, 0.15) is 31.6 Å². The first kappa shape index (κ1) is 18.1. The summed E-state index contributed by atoms with van der Waals surface area (Å²) in [5, 5.41) is 2.65. The predicted molar refractivity (Wildman–Crippen MR) is 84.8 cm³/mol. The second kappa shape index (κ2) is 7.35. The highest BCUT2D eigenvalue weighted by atomic mass is 32.2. The van der Waals surface area contributed by atoms with E-state index in [1.165, 1.54) is 11.3 Å². The maximum absolute atomic E-state index is 12.0. The summed E-state index contributed by atoms with van der Waals surface area (Å²) in [6.07, 6.45) is 1.39. The van der Waals surface area contributed by atoms with Crippen LogP contribution in [0.4, 0.5) is 0 Å². The zero-order valence-electron chi connectivity index (χ0n) is 12.6. The first-order valence-electron chi connectivity index (χ1n) is 6.82. The van der Waals surface area contributed by atoms with Gasteiger partial charge in [-0.2, -0.15) is 0 Å². The Bertz CT molecular complexity index is 579. The Morgan fingerprint density at radius 1 is 1.38 bits per heavy atom. The number of nitrogens with two attached hydrogens (primary N) is 1. The minimum Gasteiger partial charge on any atom is -0.353 e. The molecule has 4 N–H and O–H groups in total. The molecule has 1 amide bonds. The Morgan fingerprint density at radius 2 is 2.05 bits per heavy atom. The van der Waals surface area contributed by atoms with Crippen molar-refractivity contribution in [2.75, 3.05) is 13.1 Å². The molecule has 0 radical (unpaired) electrons. The third kappa shape index (κ3) is 5.39. The molecule has 1 rings (SSSR count). The zero-order chi connectivity index (χ0) is 16.1. The van der Waals surface area contributed by atoms with Crippen LogP contribution in [0.15, 0.2) is 16.3 Å². The minimum atomic E-state index is -3.50. The number of hydrogen-bond acceptors (Lipinski definition) is 5. The van der Waals surface area contributed by atoms with E-state index in [-0.39, 0.29) is 23.2 Å². The van der Waals surface area contributed by atoms with Gasteiger partial charge in [0.15, 0.2) is 0 Å². The highest BCUT2D eigenvalue weighted by molar-refractivity contribution is 7.91. The third-order valence-corrected chi connectivity index (χ3v) is 5.92. The normalized spacial score (nSPS) is 14.7. The summed E-state index contributed by atoms with van der Waals surface area (Å²) in [6, 6.07) is 3.32. The van der Waals surface area contributed by atoms with Gasteiger partial charge in [0.05, 0.1) is 5.54 Å². The number of rotatable bonds is 8. The minimum absolute atomic E-state index is 0.132. The smallest absolute Gasteiger partial charge is 0.250 e. The summed E-state index contributed by atoms with van der Waals surface area (Å²) in [5.41, 5.74) is 4.97. The third-order valence-electron chi connectivity index (χ3n) is 2.97. The van der Waals surface area contributed by atoms with Crippen molar-refractivity contribution in [3.63, 3.8) is 0 Å². The second-order valence-electron chi connectivity index (χ2n) is 5.19. The number of amides is 1. The molecule has 1 unspecified atom stereocenters. The van der Waals surface area contributed by atoms with Gasteiger partial charge in [-0.3, -0.25) is 4.79 Å². The average molecular weight is 333 g/mol. The standard InChI is InChI=1S/C13H23N3O3S2/c1-4-7-13(3,14)12(17)15-8-9-16-21(18,19)11-6-5-10(2)20-11/h5-6,16H,4,7-9,14H2,1-3H3,(H,15,17). The van der Waals surface area contributed by atoms with Gasteiger partial charge >= 0.3 is 0 Å². The number of carbonyl (C=O) groups is 1. The lowest BCUT2D eigenvalue weighted by Crippen LogP contribution is -2.52. The molecule has 0 saturated heterocycles. The van der Waals surface area contributed by atoms with Crippen LogP contribution in [0.5, 0.6) is 0 Å². The van der Waals surface area contributed by atoms with E-state index in [0.717, 1.165) is 11.3 Å². The highest BCUT2D eigenvalue weighted by Gasteiger charge is 2.26. The molecular weight excluding hydrogens is 310 g/mol. The molecule has 1 atom stereocenters. The Kier molecular flexibility index (Phi) is 6.33. The fourth-order valence-corrected chi connectivity index (χ4v) is 4.18. The second-order valence-corrected chi connectivity index (χ2v) is 8.47. The Balaban J connectivity index is 2.42. The van der Waals surface area contributed by atoms with E-state index >= 15 is 0 Å². The lowest BCUT2D eigenvalue weighted by atomic mass is 9.97. The van der Waals surface area contributed by atoms with Gasteiger partial charge in [0.1, 0.15) is 4.21 Å². The van der Waals surface area contributed by atoms with Crippen LogP contribution in [0.2, 0.25) is 0 Å². The maximum Gasteiger partial charge on any atom is 0.250 e. The predicted octanol–water partition coefficient (Wildman–Crippen LogP) is 0.969. The zero-order valence-corrected chi connectivity index (χ0v) is 14.2. The molecule has 120 valence electrons. The van der Waals surface area contributed by atoms with Crippen LogP contribution in [0.3, 0.4) is 0 Å². The number of nitrogens with one attached hydrogen (secondary N) is 2. The van der Waals surface area contributed by atoms with Crippen LogP contribution in [-0.4, -0.2) is 33.0 Å². The molecule has 0 spiro atoms. The summed E-state index contributed by atoms with van der Waals surface area (Å²) in [4.78, 5) is 12.8. The first-order chi connectivity index (χ1) is 9.69. The van der Waals surface area contributed by atoms with Gasteiger partial charge in [0, 0.05) is 18.0 Å². The van der Waals surface area contributed by atoms with Crippen LogP contribution in [0, 0.1) is 6.92 Å². The van der Waals surface area contributed by atoms with Gasteiger partial charge in [-0.05, 0) is 32.4 Å². The van der Waals surface area contributed by atoms with Crippen molar-refractivity contribution in [3.8, 4) is 0 Å². The molecule has 0 saturated carbocycles. The van der Waals surface area contributed by atoms with Crippen molar-refractivity contribution < 1.29 is 13.2 Å². The van der Waals surface area contributed by atoms with Crippen LogP contribution >= 0.6 is 11.3 Å². The monoisotopic (exact) mass is 333 g/mol. The van der Waals surface area contributed by atoms with Crippen molar-refractivity contribution in [1.29, 1.82) is 0 Å². The van der Waals surface area contributed by atoms with E-state index < -0.39 is 15.6 Å². The van der Waals surface area contributed by atoms with Crippen LogP contribution in [-0.2, 0) is 14.8 Å². The number of hydrogen-bond donors (Lipinski definition) is 3. The molecule has 1 heterocycles. The number of carbonyl (C=O) groups excluding carboxylic acids is 1. The maximum atomic E-state index is 12.0. The van der Waals surface area contributed by atoms with Crippen molar-refractivity contribution in [2.45, 2.75) is 43.4 Å². The highest BCUT2D eigenvalue weighted by Crippen LogP contribution is 2.19. The molecule has 0 fully saturated rings. The van der Waals surface area contributed by atoms with Crippen molar-refractivity contribution in [3.05, 3.63) is 17.0 Å². The summed E-state index contributed by atoms with van der Waals surface area (Å²) in [6.45, 7) is 5.81. The van der Waals surface area contributed by atoms with E-state index in [1.807, 2.05) is 13.8 Å². The molecule has 0 aromatic carbocycles. The molecular formula is C13H23N3O3S2. The quantitative estimate of drug-likeness (QED) is 0.617. The largest absolute Gasteiger partial charge is 0.353 e. The van der Waals surface area contributed by atoms with Gasteiger partial charge in [-0.1, -0.05) is 13.3 Å². The SMILES string of the molecule is CCCC(C)(N)C(=O)NCCNS(=O)(=O)c1ccc(C)s1. The van der Waals surface area contributed by atoms with Gasteiger partial charge in [-0.25, -0.2) is 13.1 Å². The van der Waals surface area contributed by atoms with Gasteiger partial charge in [0.2, 0.25) is 15.9 Å². The molecule has 0 aliphatic carbocycles. The fourth-order valence-electron chi connectivity index (χ4n) is 1.82. The molecule has 0 aliphatic heterocycles. The first-order valence-corrected chi connectivity index (χ1v) is 9.12. The fraction of sp³-hybridized carbons (Fsp3) is 0.615. The summed E-state index contributed by atoms with van der Waals surface area (Å²) >= 11 is 1.21. The number of thiophene rings is 1. The van der Waals surface area contributed by atoms with E-state index in [0.29, 0.717) is 6.42 Å². The van der Waals surface area contributed by atoms with E-state index in [2.05, 4.69) is 10.0 Å². The van der Waals surface area contributed by atoms with E-state index in [4.69, 9.17) is 5.73 Å². The topological polar surface area (TPSA) is 101 Å². The molecule has 8 heteroatoms. The molecule has 6 nitrogen and oxygen atoms in total. The lowest BCUT2D eigenvalue weighted by Gasteiger charge is -2.22. The molecule has 1 aromatic heterocycles. The summed E-state index contributed by atoms with van der Waals surface area (Å²) < 4.78 is 26.6. The molecule has 21 heavy (non-hydrogen) atoms. The van der Waals surface area contributed by atoms with Crippen molar-refractivity contribution >= 4 is 27.3 Å². The van der Waals surface area contributed by atoms with Crippen molar-refractivity contribution in [1.82, 2.24) is 10.0 Å². The Hall–Kier alpha value is -0.960. The van der Waals surface area contributed by atoms with Gasteiger partial charge in [0.25, 0.3) is 0 Å². The summed E-state index contributed by atoms with van der Waals surface area (Å²) in [7, 11) is -3.50. The summed E-state index contributed by atoms with van der Waals surface area (Å²) in [5.74, 6) is -0.268. The number of aryl methyl sites for hydroxylation is 1. The van der Waals surface area contributed by atoms with Gasteiger partial charge in [-0.15, -0.1) is 11.3 Å². The number of sulfonamides is 1. The van der Waals surface area contributed by atoms with Crippen LogP contribution < -0.4 is 15.8 Å². The lowest BCUT2D eigenvalue weighted by molar-refractivity contribution is -0.126. The van der Waals surface area contributed by atoms with E-state index in [1.54, 1.807) is 19.1 Å². The molecule has 0 aliphatic rings. The molecule has 1 aromatic rings. The Labute approximate surface area is 130 Å². The molecule has 0 bridgehead atoms.